The first-order valence-corrected chi connectivity index (χ1v) is 12.4. The molecule has 2 aliphatic heterocycles. The van der Waals surface area contributed by atoms with Gasteiger partial charge in [0.25, 0.3) is 0 Å². The maximum absolute atomic E-state index is 9.99. The predicted octanol–water partition coefficient (Wildman–Crippen LogP) is 1.85. The summed E-state index contributed by atoms with van der Waals surface area (Å²) in [6, 6.07) is 7.06. The van der Waals surface area contributed by atoms with Crippen molar-refractivity contribution >= 4 is 17.0 Å². The van der Waals surface area contributed by atoms with Gasteiger partial charge < -0.3 is 19.6 Å². The monoisotopic (exact) mass is 466 g/mol. The van der Waals surface area contributed by atoms with Gasteiger partial charge in [0.15, 0.2) is 22.8 Å². The lowest BCUT2D eigenvalue weighted by molar-refractivity contribution is 0.122. The number of rotatable bonds is 8. The zero-order valence-electron chi connectivity index (χ0n) is 19.9. The third-order valence-corrected chi connectivity index (χ3v) is 6.68. The van der Waals surface area contributed by atoms with E-state index in [-0.39, 0.29) is 5.75 Å². The highest BCUT2D eigenvalue weighted by Gasteiger charge is 2.23. The molecule has 3 aromatic rings. The smallest absolute Gasteiger partial charge is 0.184 e. The predicted molar refractivity (Wildman–Crippen MR) is 131 cm³/mol. The molecular formula is C24H34N8O2. The minimum absolute atomic E-state index is 0.193. The molecule has 2 aromatic heterocycles. The second-order valence-electron chi connectivity index (χ2n) is 9.04. The van der Waals surface area contributed by atoms with E-state index in [4.69, 9.17) is 14.7 Å². The van der Waals surface area contributed by atoms with Crippen molar-refractivity contribution in [3.8, 4) is 17.1 Å². The van der Waals surface area contributed by atoms with Crippen LogP contribution in [0.3, 0.4) is 0 Å². The van der Waals surface area contributed by atoms with Gasteiger partial charge in [-0.25, -0.2) is 14.6 Å². The van der Waals surface area contributed by atoms with Gasteiger partial charge in [-0.3, -0.25) is 4.90 Å². The van der Waals surface area contributed by atoms with Gasteiger partial charge >= 0.3 is 0 Å². The first kappa shape index (κ1) is 22.9. The first-order chi connectivity index (χ1) is 16.7. The Hall–Kier alpha value is -2.82. The van der Waals surface area contributed by atoms with Crippen molar-refractivity contribution in [2.24, 2.45) is 0 Å². The highest BCUT2D eigenvalue weighted by atomic mass is 16.5. The van der Waals surface area contributed by atoms with E-state index in [0.717, 1.165) is 74.9 Å². The fourth-order valence-electron chi connectivity index (χ4n) is 4.62. The third-order valence-electron chi connectivity index (χ3n) is 6.68. The van der Waals surface area contributed by atoms with Gasteiger partial charge in [-0.05, 0) is 25.1 Å². The summed E-state index contributed by atoms with van der Waals surface area (Å²) < 4.78 is 7.44. The Balaban J connectivity index is 1.38. The van der Waals surface area contributed by atoms with Crippen LogP contribution in [0.5, 0.6) is 5.75 Å². The minimum Gasteiger partial charge on any atom is -0.508 e. The van der Waals surface area contributed by atoms with Gasteiger partial charge in [-0.2, -0.15) is 0 Å². The molecule has 0 aliphatic carbocycles. The van der Waals surface area contributed by atoms with Crippen molar-refractivity contribution in [3.63, 3.8) is 0 Å². The molecule has 10 nitrogen and oxygen atoms in total. The number of unbranched alkanes of at least 4 members (excludes halogenated alkanes) is 1. The molecule has 0 saturated carbocycles. The van der Waals surface area contributed by atoms with E-state index < -0.39 is 0 Å². The molecule has 2 saturated heterocycles. The number of hydrogen-bond acceptors (Lipinski definition) is 9. The number of piperazine rings is 1. The summed E-state index contributed by atoms with van der Waals surface area (Å²) in [6.45, 7) is 12.3. The lowest BCUT2D eigenvalue weighted by atomic mass is 10.2. The van der Waals surface area contributed by atoms with E-state index in [1.54, 1.807) is 12.1 Å². The lowest BCUT2D eigenvalue weighted by Gasteiger charge is -2.34. The zero-order valence-corrected chi connectivity index (χ0v) is 19.9. The zero-order chi connectivity index (χ0) is 23.3. The van der Waals surface area contributed by atoms with Crippen molar-refractivity contribution < 1.29 is 9.84 Å². The summed E-state index contributed by atoms with van der Waals surface area (Å²) >= 11 is 0. The molecule has 2 fully saturated rings. The van der Waals surface area contributed by atoms with Crippen molar-refractivity contribution in [2.45, 2.75) is 26.3 Å². The Kier molecular flexibility index (Phi) is 7.17. The van der Waals surface area contributed by atoms with Crippen molar-refractivity contribution in [3.05, 3.63) is 24.3 Å². The average molecular weight is 467 g/mol. The second-order valence-corrected chi connectivity index (χ2v) is 9.04. The maximum atomic E-state index is 9.99. The second kappa shape index (κ2) is 10.6. The molecule has 0 bridgehead atoms. The molecule has 10 heteroatoms. The molecule has 0 spiro atoms. The van der Waals surface area contributed by atoms with Crippen LogP contribution in [0.15, 0.2) is 24.3 Å². The fraction of sp³-hybridized carbons (Fsp3) is 0.583. The van der Waals surface area contributed by atoms with Crippen LogP contribution in [0.1, 0.15) is 19.8 Å². The van der Waals surface area contributed by atoms with Gasteiger partial charge in [-0.15, -0.1) is 5.10 Å². The van der Waals surface area contributed by atoms with Crippen LogP contribution < -0.4 is 4.90 Å². The summed E-state index contributed by atoms with van der Waals surface area (Å²) in [5.74, 6) is 1.54. The average Bonchev–Trinajstić information content (AvgIpc) is 3.30. The van der Waals surface area contributed by atoms with E-state index >= 15 is 0 Å². The Labute approximate surface area is 200 Å². The quantitative estimate of drug-likeness (QED) is 0.533. The van der Waals surface area contributed by atoms with Gasteiger partial charge in [0, 0.05) is 51.4 Å². The first-order valence-electron chi connectivity index (χ1n) is 12.4. The number of morpholine rings is 1. The number of phenolic OH excluding ortho intramolecular Hbond substituents is 1. The highest BCUT2D eigenvalue weighted by molar-refractivity contribution is 5.85. The van der Waals surface area contributed by atoms with Gasteiger partial charge in [0.2, 0.25) is 0 Å². The fourth-order valence-corrected chi connectivity index (χ4v) is 4.62. The number of anilines is 1. The van der Waals surface area contributed by atoms with E-state index in [2.05, 4.69) is 31.9 Å². The van der Waals surface area contributed by atoms with Crippen molar-refractivity contribution in [1.82, 2.24) is 34.8 Å². The Morgan fingerprint density at radius 3 is 2.44 bits per heavy atom. The van der Waals surface area contributed by atoms with Crippen LogP contribution in [-0.2, 0) is 11.3 Å². The molecule has 0 atom stereocenters. The molecule has 34 heavy (non-hydrogen) atoms. The van der Waals surface area contributed by atoms with Crippen LogP contribution in [0, 0.1) is 0 Å². The third kappa shape index (κ3) is 5.13. The number of hydrogen-bond donors (Lipinski definition) is 1. The topological polar surface area (TPSA) is 95.7 Å². The van der Waals surface area contributed by atoms with E-state index in [0.29, 0.717) is 19.0 Å². The SMILES string of the molecule is CCCCN1CCN(CCn2nnc3c(N4CCOCC4)nc(-c4cccc(O)c4)nc32)CC1. The minimum atomic E-state index is 0.193. The molecule has 2 aliphatic rings. The van der Waals surface area contributed by atoms with Gasteiger partial charge in [0.1, 0.15) is 5.75 Å². The van der Waals surface area contributed by atoms with E-state index in [9.17, 15) is 5.11 Å². The number of aromatic nitrogens is 5. The lowest BCUT2D eigenvalue weighted by Crippen LogP contribution is -2.47. The molecule has 4 heterocycles. The molecule has 1 aromatic carbocycles. The normalized spacial score (nSPS) is 18.1. The summed E-state index contributed by atoms with van der Waals surface area (Å²) in [5.41, 5.74) is 2.22. The molecule has 0 unspecified atom stereocenters. The molecule has 1 N–H and O–H groups in total. The van der Waals surface area contributed by atoms with Gasteiger partial charge in [0.05, 0.1) is 19.8 Å². The van der Waals surface area contributed by atoms with Crippen LogP contribution in [0.2, 0.25) is 0 Å². The number of fused-ring (bicyclic) bond motifs is 1. The molecule has 182 valence electrons. The van der Waals surface area contributed by atoms with E-state index in [1.165, 1.54) is 19.4 Å². The summed E-state index contributed by atoms with van der Waals surface area (Å²) in [6.07, 6.45) is 2.52. The molecule has 5 rings (SSSR count). The van der Waals surface area contributed by atoms with Crippen molar-refractivity contribution in [1.29, 1.82) is 0 Å². The molecule has 0 amide bonds. The number of aromatic hydroxyl groups is 1. The summed E-state index contributed by atoms with van der Waals surface area (Å²) in [5, 5.41) is 18.9. The van der Waals surface area contributed by atoms with E-state index in [1.807, 2.05) is 16.8 Å². The van der Waals surface area contributed by atoms with Crippen LogP contribution in [0.4, 0.5) is 5.82 Å². The Bertz CT molecular complexity index is 1090. The summed E-state index contributed by atoms with van der Waals surface area (Å²) in [7, 11) is 0. The Morgan fingerprint density at radius 2 is 1.71 bits per heavy atom. The summed E-state index contributed by atoms with van der Waals surface area (Å²) in [4.78, 5) is 16.9. The standard InChI is InChI=1S/C24H34N8O2/c1-2-3-7-29-8-10-30(11-9-29)12-13-32-24-21(27-28-32)23(31-14-16-34-17-15-31)25-22(26-24)19-5-4-6-20(33)18-19/h4-6,18,33H,2-3,7-17H2,1H3. The molecule has 0 radical (unpaired) electrons. The van der Waals surface area contributed by atoms with Crippen molar-refractivity contribution in [2.75, 3.05) is 70.5 Å². The molecular weight excluding hydrogens is 432 g/mol. The maximum Gasteiger partial charge on any atom is 0.184 e. The number of phenols is 1. The van der Waals surface area contributed by atoms with Crippen LogP contribution in [-0.4, -0.2) is 105 Å². The number of ether oxygens (including phenoxy) is 1. The van der Waals surface area contributed by atoms with Crippen LogP contribution in [0.25, 0.3) is 22.6 Å². The number of benzene rings is 1. The largest absolute Gasteiger partial charge is 0.508 e. The highest BCUT2D eigenvalue weighted by Crippen LogP contribution is 2.28. The number of nitrogens with zero attached hydrogens (tertiary/aromatic N) is 8. The van der Waals surface area contributed by atoms with Crippen LogP contribution >= 0.6 is 0 Å². The van der Waals surface area contributed by atoms with Gasteiger partial charge in [-0.1, -0.05) is 30.7 Å². The Morgan fingerprint density at radius 1 is 0.941 bits per heavy atom.